The summed E-state index contributed by atoms with van der Waals surface area (Å²) in [7, 11) is 1.73. The van der Waals surface area contributed by atoms with Crippen LogP contribution < -0.4 is 5.32 Å². The van der Waals surface area contributed by atoms with Crippen molar-refractivity contribution in [3.63, 3.8) is 0 Å². The summed E-state index contributed by atoms with van der Waals surface area (Å²) < 4.78 is 0. The Hall–Kier alpha value is -2.32. The summed E-state index contributed by atoms with van der Waals surface area (Å²) in [6.45, 7) is 10.4. The van der Waals surface area contributed by atoms with Crippen LogP contribution in [0.2, 0.25) is 0 Å². The van der Waals surface area contributed by atoms with E-state index >= 15 is 0 Å². The molecule has 0 aliphatic rings. The number of rotatable bonds is 3. The van der Waals surface area contributed by atoms with Crippen LogP contribution in [-0.4, -0.2) is 51.1 Å². The predicted molar refractivity (Wildman–Crippen MR) is 103 cm³/mol. The van der Waals surface area contributed by atoms with Crippen molar-refractivity contribution in [1.82, 2.24) is 5.32 Å². The molecule has 0 amide bonds. The van der Waals surface area contributed by atoms with Gasteiger partial charge in [0.05, 0.1) is 16.9 Å². The summed E-state index contributed by atoms with van der Waals surface area (Å²) in [6, 6.07) is 4.26. The first kappa shape index (κ1) is 26.9. The summed E-state index contributed by atoms with van der Waals surface area (Å²) in [6.07, 6.45) is -0.670. The minimum Gasteiger partial charge on any atom is -0.504 e. The second-order valence-corrected chi connectivity index (χ2v) is 7.93. The maximum Gasteiger partial charge on any atom is 0.308 e. The molecule has 1 unspecified atom stereocenters. The van der Waals surface area contributed by atoms with E-state index in [1.807, 2.05) is 0 Å². The van der Waals surface area contributed by atoms with Crippen LogP contribution in [0.5, 0.6) is 11.5 Å². The van der Waals surface area contributed by atoms with E-state index in [4.69, 9.17) is 20.4 Å². The van der Waals surface area contributed by atoms with Crippen LogP contribution in [0, 0.1) is 10.8 Å². The molecule has 0 saturated heterocycles. The van der Waals surface area contributed by atoms with Gasteiger partial charge in [-0.1, -0.05) is 6.07 Å². The van der Waals surface area contributed by atoms with Gasteiger partial charge >= 0.3 is 11.9 Å². The summed E-state index contributed by atoms with van der Waals surface area (Å²) in [4.78, 5) is 20.0. The van der Waals surface area contributed by atoms with Crippen LogP contribution in [0.3, 0.4) is 0 Å². The van der Waals surface area contributed by atoms with Crippen molar-refractivity contribution >= 4 is 11.9 Å². The SMILES string of the molecule is CC(C)(C)C(=O)O.CC(C)(C)C(=O)O.CNCC(O)c1ccc(O)c(O)c1. The number of likely N-dealkylation sites (N-methyl/N-ethyl adjacent to an activating group) is 1. The van der Waals surface area contributed by atoms with E-state index in [0.717, 1.165) is 0 Å². The Labute approximate surface area is 160 Å². The quantitative estimate of drug-likeness (QED) is 0.434. The monoisotopic (exact) mass is 387 g/mol. The first-order valence-electron chi connectivity index (χ1n) is 8.35. The maximum atomic E-state index is 10.0. The fourth-order valence-electron chi connectivity index (χ4n) is 1.06. The Bertz CT molecular complexity index is 577. The molecule has 8 nitrogen and oxygen atoms in total. The Balaban J connectivity index is 0. The lowest BCUT2D eigenvalue weighted by Gasteiger charge is -2.10. The third-order valence-electron chi connectivity index (χ3n) is 3.06. The van der Waals surface area contributed by atoms with Crippen molar-refractivity contribution in [1.29, 1.82) is 0 Å². The number of aromatic hydroxyl groups is 2. The molecule has 1 aromatic carbocycles. The standard InChI is InChI=1S/C9H13NO3.2C5H10O2/c1-10-5-9(13)6-2-3-7(11)8(12)4-6;2*1-5(2,3)4(6)7/h2-4,9-13H,5H2,1H3;2*1-3H3,(H,6,7). The molecular weight excluding hydrogens is 354 g/mol. The van der Waals surface area contributed by atoms with Crippen LogP contribution in [-0.2, 0) is 9.59 Å². The van der Waals surface area contributed by atoms with Crippen molar-refractivity contribution in [2.75, 3.05) is 13.6 Å². The lowest BCUT2D eigenvalue weighted by molar-refractivity contribution is -0.146. The van der Waals surface area contributed by atoms with Crippen molar-refractivity contribution in [3.8, 4) is 11.5 Å². The molecule has 0 aliphatic heterocycles. The smallest absolute Gasteiger partial charge is 0.308 e. The molecule has 1 aromatic rings. The van der Waals surface area contributed by atoms with Gasteiger partial charge in [0.15, 0.2) is 11.5 Å². The molecule has 0 spiro atoms. The Morgan fingerprint density at radius 3 is 1.56 bits per heavy atom. The zero-order valence-corrected chi connectivity index (χ0v) is 17.1. The van der Waals surface area contributed by atoms with Crippen molar-refractivity contribution in [3.05, 3.63) is 23.8 Å². The number of hydrogen-bond acceptors (Lipinski definition) is 6. The maximum absolute atomic E-state index is 10.0. The Morgan fingerprint density at radius 1 is 0.926 bits per heavy atom. The summed E-state index contributed by atoms with van der Waals surface area (Å²) in [5, 5.41) is 46.9. The largest absolute Gasteiger partial charge is 0.504 e. The topological polar surface area (TPSA) is 147 Å². The van der Waals surface area contributed by atoms with Gasteiger partial charge in [0, 0.05) is 6.54 Å². The average molecular weight is 387 g/mol. The van der Waals surface area contributed by atoms with E-state index in [-0.39, 0.29) is 11.5 Å². The van der Waals surface area contributed by atoms with E-state index in [1.165, 1.54) is 12.1 Å². The van der Waals surface area contributed by atoms with E-state index in [0.29, 0.717) is 12.1 Å². The van der Waals surface area contributed by atoms with Crippen LogP contribution in [0.15, 0.2) is 18.2 Å². The van der Waals surface area contributed by atoms with Gasteiger partial charge in [-0.05, 0) is 66.3 Å². The molecule has 0 heterocycles. The number of hydrogen-bond donors (Lipinski definition) is 6. The second kappa shape index (κ2) is 11.4. The van der Waals surface area contributed by atoms with Crippen LogP contribution in [0.25, 0.3) is 0 Å². The van der Waals surface area contributed by atoms with Gasteiger partial charge in [0.25, 0.3) is 0 Å². The number of phenols is 2. The van der Waals surface area contributed by atoms with E-state index in [9.17, 15) is 14.7 Å². The van der Waals surface area contributed by atoms with Gasteiger partial charge in [-0.3, -0.25) is 9.59 Å². The third-order valence-corrected chi connectivity index (χ3v) is 3.06. The second-order valence-electron chi connectivity index (χ2n) is 7.93. The van der Waals surface area contributed by atoms with Gasteiger partial charge < -0.3 is 30.8 Å². The van der Waals surface area contributed by atoms with E-state index < -0.39 is 28.9 Å². The number of phenolic OH excluding ortho intramolecular Hbond substituents is 2. The molecule has 0 fully saturated rings. The normalized spacial score (nSPS) is 12.0. The Morgan fingerprint density at radius 2 is 1.30 bits per heavy atom. The van der Waals surface area contributed by atoms with Crippen LogP contribution in [0.1, 0.15) is 53.2 Å². The average Bonchev–Trinajstić information content (AvgIpc) is 2.49. The number of carbonyl (C=O) groups is 2. The summed E-state index contributed by atoms with van der Waals surface area (Å²) >= 11 is 0. The molecule has 0 aliphatic carbocycles. The molecular formula is C19H33NO7. The highest BCUT2D eigenvalue weighted by Gasteiger charge is 2.19. The van der Waals surface area contributed by atoms with E-state index in [2.05, 4.69) is 5.32 Å². The van der Waals surface area contributed by atoms with Gasteiger partial charge in [0.1, 0.15) is 0 Å². The molecule has 0 aromatic heterocycles. The third kappa shape index (κ3) is 12.6. The highest BCUT2D eigenvalue weighted by atomic mass is 16.4. The minimum atomic E-state index is -0.757. The molecule has 156 valence electrons. The number of aliphatic hydroxyl groups excluding tert-OH is 1. The molecule has 0 radical (unpaired) electrons. The highest BCUT2D eigenvalue weighted by molar-refractivity contribution is 5.73. The molecule has 8 heteroatoms. The molecule has 1 rings (SSSR count). The number of carboxylic acids is 2. The molecule has 1 atom stereocenters. The fourth-order valence-corrected chi connectivity index (χ4v) is 1.06. The number of benzene rings is 1. The summed E-state index contributed by atoms with van der Waals surface area (Å²) in [5.74, 6) is -1.91. The Kier molecular flexibility index (Phi) is 11.4. The van der Waals surface area contributed by atoms with Gasteiger partial charge in [-0.15, -0.1) is 0 Å². The molecule has 0 bridgehead atoms. The fraction of sp³-hybridized carbons (Fsp3) is 0.579. The number of carboxylic acid groups (broad SMARTS) is 2. The zero-order chi connectivity index (χ0) is 22.0. The van der Waals surface area contributed by atoms with Crippen molar-refractivity contribution in [2.45, 2.75) is 47.6 Å². The predicted octanol–water partition coefficient (Wildman–Crippen LogP) is 2.58. The van der Waals surface area contributed by atoms with Crippen LogP contribution in [0.4, 0.5) is 0 Å². The summed E-state index contributed by atoms with van der Waals surface area (Å²) in [5.41, 5.74) is -0.593. The van der Waals surface area contributed by atoms with Crippen molar-refractivity contribution in [2.24, 2.45) is 10.8 Å². The van der Waals surface area contributed by atoms with Crippen molar-refractivity contribution < 1.29 is 35.1 Å². The highest BCUT2D eigenvalue weighted by Crippen LogP contribution is 2.27. The minimum absolute atomic E-state index is 0.180. The van der Waals surface area contributed by atoms with Crippen LogP contribution >= 0.6 is 0 Å². The van der Waals surface area contributed by atoms with E-state index in [1.54, 1.807) is 54.7 Å². The van der Waals surface area contributed by atoms with Gasteiger partial charge in [0.2, 0.25) is 0 Å². The first-order chi connectivity index (χ1) is 12.0. The molecule has 6 N–H and O–H groups in total. The lowest BCUT2D eigenvalue weighted by atomic mass is 9.98. The lowest BCUT2D eigenvalue weighted by Crippen LogP contribution is -2.18. The molecule has 27 heavy (non-hydrogen) atoms. The number of aliphatic carboxylic acids is 2. The van der Waals surface area contributed by atoms with Gasteiger partial charge in [-0.25, -0.2) is 0 Å². The first-order valence-corrected chi connectivity index (χ1v) is 8.35. The zero-order valence-electron chi connectivity index (χ0n) is 17.1. The number of nitrogens with one attached hydrogen (secondary N) is 1. The molecule has 0 saturated carbocycles. The number of aliphatic hydroxyl groups is 1. The van der Waals surface area contributed by atoms with Gasteiger partial charge in [-0.2, -0.15) is 0 Å².